The number of aromatic nitrogens is 1. The van der Waals surface area contributed by atoms with Crippen LogP contribution in [-0.2, 0) is 0 Å². The molecule has 1 amide bonds. The number of amides is 1. The molecule has 0 bridgehead atoms. The van der Waals surface area contributed by atoms with Gasteiger partial charge in [-0.1, -0.05) is 0 Å². The smallest absolute Gasteiger partial charge is 0.271 e. The topological polar surface area (TPSA) is 65.2 Å². The van der Waals surface area contributed by atoms with Crippen molar-refractivity contribution in [3.8, 4) is 5.75 Å². The van der Waals surface area contributed by atoms with Gasteiger partial charge >= 0.3 is 0 Å². The summed E-state index contributed by atoms with van der Waals surface area (Å²) >= 11 is 1.72. The zero-order chi connectivity index (χ0) is 11.6. The van der Waals surface area contributed by atoms with Crippen molar-refractivity contribution in [3.63, 3.8) is 0 Å². The third kappa shape index (κ3) is 2.52. The molecule has 0 aliphatic carbocycles. The standard InChI is InChI=1S/C8H7F2IN2O2/c1-15-6-3(7(9)10)2-4(11)13-5(6)8(12)14/h2,7H,1H3,(H2,12,14). The lowest BCUT2D eigenvalue weighted by atomic mass is 10.2. The highest BCUT2D eigenvalue weighted by atomic mass is 127. The molecule has 0 saturated heterocycles. The molecule has 1 rings (SSSR count). The maximum atomic E-state index is 12.6. The van der Waals surface area contributed by atoms with Crippen molar-refractivity contribution in [2.24, 2.45) is 5.73 Å². The van der Waals surface area contributed by atoms with Crippen LogP contribution in [0.2, 0.25) is 0 Å². The predicted molar refractivity (Wildman–Crippen MR) is 57.0 cm³/mol. The monoisotopic (exact) mass is 328 g/mol. The lowest BCUT2D eigenvalue weighted by Crippen LogP contribution is -2.16. The van der Waals surface area contributed by atoms with E-state index in [1.54, 1.807) is 22.6 Å². The zero-order valence-electron chi connectivity index (χ0n) is 7.63. The van der Waals surface area contributed by atoms with E-state index in [0.717, 1.165) is 6.07 Å². The fourth-order valence-electron chi connectivity index (χ4n) is 1.06. The van der Waals surface area contributed by atoms with Gasteiger partial charge in [0.25, 0.3) is 12.3 Å². The number of hydrogen-bond donors (Lipinski definition) is 1. The SMILES string of the molecule is COc1c(C(F)F)cc(I)nc1C(N)=O. The molecular weight excluding hydrogens is 321 g/mol. The summed E-state index contributed by atoms with van der Waals surface area (Å²) < 4.78 is 30.1. The van der Waals surface area contributed by atoms with Crippen molar-refractivity contribution in [1.82, 2.24) is 4.98 Å². The number of ether oxygens (including phenoxy) is 1. The predicted octanol–water partition coefficient (Wildman–Crippen LogP) is 1.73. The first kappa shape index (κ1) is 12.1. The molecule has 0 unspecified atom stereocenters. The maximum absolute atomic E-state index is 12.6. The number of pyridine rings is 1. The average molecular weight is 328 g/mol. The maximum Gasteiger partial charge on any atom is 0.271 e. The van der Waals surface area contributed by atoms with Crippen molar-refractivity contribution in [2.45, 2.75) is 6.43 Å². The third-order valence-electron chi connectivity index (χ3n) is 1.64. The number of alkyl halides is 2. The Bertz CT molecular complexity index is 398. The van der Waals surface area contributed by atoms with E-state index in [4.69, 9.17) is 10.5 Å². The molecule has 0 aliphatic rings. The second-order valence-corrected chi connectivity index (χ2v) is 3.69. The highest BCUT2D eigenvalue weighted by molar-refractivity contribution is 14.1. The van der Waals surface area contributed by atoms with Crippen molar-refractivity contribution in [2.75, 3.05) is 7.11 Å². The van der Waals surface area contributed by atoms with Crippen LogP contribution in [0.25, 0.3) is 0 Å². The molecule has 1 aromatic rings. The van der Waals surface area contributed by atoms with Crippen LogP contribution in [0.5, 0.6) is 5.75 Å². The van der Waals surface area contributed by atoms with Crippen LogP contribution in [0.4, 0.5) is 8.78 Å². The van der Waals surface area contributed by atoms with Gasteiger partial charge in [0.1, 0.15) is 3.70 Å². The van der Waals surface area contributed by atoms with E-state index >= 15 is 0 Å². The second-order valence-electron chi connectivity index (χ2n) is 2.58. The molecular formula is C8H7F2IN2O2. The van der Waals surface area contributed by atoms with Gasteiger partial charge in [0.05, 0.1) is 12.7 Å². The largest absolute Gasteiger partial charge is 0.494 e. The van der Waals surface area contributed by atoms with Crippen LogP contribution in [-0.4, -0.2) is 18.0 Å². The number of hydrogen-bond acceptors (Lipinski definition) is 3. The van der Waals surface area contributed by atoms with E-state index < -0.39 is 12.3 Å². The van der Waals surface area contributed by atoms with Crippen LogP contribution >= 0.6 is 22.6 Å². The van der Waals surface area contributed by atoms with Crippen LogP contribution in [0.1, 0.15) is 22.5 Å². The molecule has 2 N–H and O–H groups in total. The van der Waals surface area contributed by atoms with Gasteiger partial charge in [-0.2, -0.15) is 0 Å². The fourth-order valence-corrected chi connectivity index (χ4v) is 1.64. The summed E-state index contributed by atoms with van der Waals surface area (Å²) in [5.74, 6) is -1.16. The first-order valence-corrected chi connectivity index (χ1v) is 4.87. The van der Waals surface area contributed by atoms with Crippen LogP contribution in [0, 0.1) is 3.70 Å². The summed E-state index contributed by atoms with van der Waals surface area (Å²) in [5, 5.41) is 0. The molecule has 0 aliphatic heterocycles. The summed E-state index contributed by atoms with van der Waals surface area (Å²) in [6.45, 7) is 0. The van der Waals surface area contributed by atoms with Crippen molar-refractivity contribution in [1.29, 1.82) is 0 Å². The van der Waals surface area contributed by atoms with E-state index in [2.05, 4.69) is 4.98 Å². The molecule has 0 aromatic carbocycles. The Morgan fingerprint density at radius 1 is 1.67 bits per heavy atom. The van der Waals surface area contributed by atoms with Gasteiger partial charge < -0.3 is 10.5 Å². The quantitative estimate of drug-likeness (QED) is 0.679. The summed E-state index contributed by atoms with van der Waals surface area (Å²) in [4.78, 5) is 14.7. The molecule has 1 heterocycles. The van der Waals surface area contributed by atoms with Gasteiger partial charge in [0.2, 0.25) is 0 Å². The number of nitrogens with zero attached hydrogens (tertiary/aromatic N) is 1. The van der Waals surface area contributed by atoms with Gasteiger partial charge in [0, 0.05) is 0 Å². The van der Waals surface area contributed by atoms with Crippen LogP contribution < -0.4 is 10.5 Å². The molecule has 0 fully saturated rings. The summed E-state index contributed by atoms with van der Waals surface area (Å²) in [7, 11) is 1.18. The summed E-state index contributed by atoms with van der Waals surface area (Å²) in [6.07, 6.45) is -2.74. The number of carbonyl (C=O) groups excluding carboxylic acids is 1. The Balaban J connectivity index is 3.45. The number of methoxy groups -OCH3 is 1. The number of halogens is 3. The summed E-state index contributed by atoms with van der Waals surface area (Å²) in [6, 6.07) is 1.15. The Kier molecular flexibility index (Phi) is 3.77. The molecule has 82 valence electrons. The molecule has 0 saturated carbocycles. The number of primary amides is 1. The molecule has 15 heavy (non-hydrogen) atoms. The minimum atomic E-state index is -2.74. The molecule has 7 heteroatoms. The average Bonchev–Trinajstić information content (AvgIpc) is 2.16. The van der Waals surface area contributed by atoms with Crippen molar-refractivity contribution >= 4 is 28.5 Å². The van der Waals surface area contributed by atoms with E-state index in [1.807, 2.05) is 0 Å². The van der Waals surface area contributed by atoms with Gasteiger partial charge in [-0.3, -0.25) is 4.79 Å². The zero-order valence-corrected chi connectivity index (χ0v) is 9.79. The lowest BCUT2D eigenvalue weighted by molar-refractivity contribution is 0.0990. The Morgan fingerprint density at radius 3 is 2.67 bits per heavy atom. The molecule has 0 atom stereocenters. The van der Waals surface area contributed by atoms with Gasteiger partial charge in [-0.25, -0.2) is 13.8 Å². The fraction of sp³-hybridized carbons (Fsp3) is 0.250. The molecule has 0 spiro atoms. The molecule has 4 nitrogen and oxygen atoms in total. The first-order valence-electron chi connectivity index (χ1n) is 3.79. The van der Waals surface area contributed by atoms with E-state index in [1.165, 1.54) is 7.11 Å². The van der Waals surface area contributed by atoms with Crippen LogP contribution in [0.15, 0.2) is 6.07 Å². The van der Waals surface area contributed by atoms with Crippen LogP contribution in [0.3, 0.4) is 0 Å². The number of carbonyl (C=O) groups is 1. The molecule has 0 radical (unpaired) electrons. The highest BCUT2D eigenvalue weighted by Gasteiger charge is 2.22. The van der Waals surface area contributed by atoms with Crippen molar-refractivity contribution in [3.05, 3.63) is 21.0 Å². The second kappa shape index (κ2) is 4.69. The first-order chi connectivity index (χ1) is 6.97. The summed E-state index contributed by atoms with van der Waals surface area (Å²) in [5.41, 5.74) is 4.34. The number of rotatable bonds is 3. The van der Waals surface area contributed by atoms with Gasteiger partial charge in [-0.15, -0.1) is 0 Å². The van der Waals surface area contributed by atoms with Gasteiger partial charge in [0.15, 0.2) is 11.4 Å². The Hall–Kier alpha value is -0.990. The van der Waals surface area contributed by atoms with E-state index in [0.29, 0.717) is 0 Å². The number of nitrogens with two attached hydrogens (primary N) is 1. The van der Waals surface area contributed by atoms with Crippen molar-refractivity contribution < 1.29 is 18.3 Å². The Labute approximate surface area is 98.0 Å². The minimum absolute atomic E-state index is 0.262. The third-order valence-corrected chi connectivity index (χ3v) is 2.20. The highest BCUT2D eigenvalue weighted by Crippen LogP contribution is 2.31. The van der Waals surface area contributed by atoms with E-state index in [-0.39, 0.29) is 20.7 Å². The minimum Gasteiger partial charge on any atom is -0.494 e. The Morgan fingerprint density at radius 2 is 2.27 bits per heavy atom. The lowest BCUT2D eigenvalue weighted by Gasteiger charge is -2.10. The van der Waals surface area contributed by atoms with Gasteiger partial charge in [-0.05, 0) is 28.7 Å². The normalized spacial score (nSPS) is 10.5. The van der Waals surface area contributed by atoms with E-state index in [9.17, 15) is 13.6 Å². The molecule has 1 aromatic heterocycles.